The molecule has 0 atom stereocenters. The summed E-state index contributed by atoms with van der Waals surface area (Å²) < 4.78 is 10.2. The van der Waals surface area contributed by atoms with Crippen molar-refractivity contribution in [2.45, 2.75) is 45.6 Å². The van der Waals surface area contributed by atoms with Crippen LogP contribution in [-0.2, 0) is 28.0 Å². The molecule has 0 bridgehead atoms. The number of rotatable bonds is 6. The number of hydrogen-bond acceptors (Lipinski definition) is 7. The normalized spacial score (nSPS) is 11.3. The average molecular weight is 333 g/mol. The molecule has 0 aliphatic rings. The van der Waals surface area contributed by atoms with Crippen molar-refractivity contribution in [2.75, 3.05) is 0 Å². The standard InChI is InChI=1S/C16H19N3O5/c1-16(2,3)15-17-13(24-18-15)7-8-14(20)23-10-11-5-4-6-12(9-11)19(21)22/h4-6,9H,7-8,10H2,1-3H3. The van der Waals surface area contributed by atoms with E-state index in [4.69, 9.17) is 9.26 Å². The van der Waals surface area contributed by atoms with Crippen LogP contribution in [0.4, 0.5) is 5.69 Å². The molecule has 128 valence electrons. The number of aromatic nitrogens is 2. The molecule has 0 saturated carbocycles. The zero-order chi connectivity index (χ0) is 17.7. The summed E-state index contributed by atoms with van der Waals surface area (Å²) in [6, 6.07) is 5.97. The highest BCUT2D eigenvalue weighted by Gasteiger charge is 2.21. The summed E-state index contributed by atoms with van der Waals surface area (Å²) in [6.07, 6.45) is 0.386. The number of ether oxygens (including phenoxy) is 1. The van der Waals surface area contributed by atoms with Gasteiger partial charge in [0.1, 0.15) is 6.61 Å². The third kappa shape index (κ3) is 4.87. The molecule has 0 aliphatic heterocycles. The quantitative estimate of drug-likeness (QED) is 0.454. The van der Waals surface area contributed by atoms with E-state index in [1.807, 2.05) is 20.8 Å². The molecule has 2 aromatic rings. The van der Waals surface area contributed by atoms with Gasteiger partial charge in [-0.25, -0.2) is 0 Å². The minimum absolute atomic E-state index is 0.0163. The molecule has 0 radical (unpaired) electrons. The predicted octanol–water partition coefficient (Wildman–Crippen LogP) is 2.95. The molecule has 0 fully saturated rings. The number of nitro benzene ring substituents is 1. The SMILES string of the molecule is CC(C)(C)c1noc(CCC(=O)OCc2cccc([N+](=O)[O-])c2)n1. The van der Waals surface area contributed by atoms with Crippen molar-refractivity contribution in [3.8, 4) is 0 Å². The molecular weight excluding hydrogens is 314 g/mol. The average Bonchev–Trinajstić information content (AvgIpc) is 3.00. The molecule has 0 spiro atoms. The number of aryl methyl sites for hydroxylation is 1. The Labute approximate surface area is 139 Å². The molecule has 0 amide bonds. The third-order valence-electron chi connectivity index (χ3n) is 3.20. The van der Waals surface area contributed by atoms with Gasteiger partial charge in [0.05, 0.1) is 11.3 Å². The van der Waals surface area contributed by atoms with Gasteiger partial charge in [0.15, 0.2) is 5.82 Å². The minimum atomic E-state index is -0.492. The number of carbonyl (C=O) groups is 1. The first-order valence-corrected chi connectivity index (χ1v) is 7.48. The van der Waals surface area contributed by atoms with Crippen molar-refractivity contribution in [3.63, 3.8) is 0 Å². The van der Waals surface area contributed by atoms with E-state index in [2.05, 4.69) is 10.1 Å². The summed E-state index contributed by atoms with van der Waals surface area (Å²) >= 11 is 0. The summed E-state index contributed by atoms with van der Waals surface area (Å²) in [5.74, 6) is 0.534. The number of hydrogen-bond donors (Lipinski definition) is 0. The fraction of sp³-hybridized carbons (Fsp3) is 0.438. The molecular formula is C16H19N3O5. The number of benzene rings is 1. The van der Waals surface area contributed by atoms with Gasteiger partial charge in [0.25, 0.3) is 5.69 Å². The van der Waals surface area contributed by atoms with Crippen LogP contribution in [0.1, 0.15) is 44.5 Å². The molecule has 8 nitrogen and oxygen atoms in total. The van der Waals surface area contributed by atoms with Gasteiger partial charge >= 0.3 is 5.97 Å². The van der Waals surface area contributed by atoms with Crippen LogP contribution in [-0.4, -0.2) is 21.0 Å². The maximum atomic E-state index is 11.8. The summed E-state index contributed by atoms with van der Waals surface area (Å²) in [5, 5.41) is 14.6. The van der Waals surface area contributed by atoms with Crippen molar-refractivity contribution < 1.29 is 19.0 Å². The molecule has 0 saturated heterocycles. The van der Waals surface area contributed by atoms with E-state index >= 15 is 0 Å². The van der Waals surface area contributed by atoms with E-state index in [0.717, 1.165) is 0 Å². The van der Waals surface area contributed by atoms with Gasteiger partial charge in [0, 0.05) is 24.0 Å². The summed E-state index contributed by atoms with van der Waals surface area (Å²) in [7, 11) is 0. The van der Waals surface area contributed by atoms with Gasteiger partial charge in [-0.05, 0) is 5.56 Å². The van der Waals surface area contributed by atoms with Crippen molar-refractivity contribution in [1.29, 1.82) is 0 Å². The van der Waals surface area contributed by atoms with E-state index < -0.39 is 10.9 Å². The highest BCUT2D eigenvalue weighted by Crippen LogP contribution is 2.19. The Morgan fingerprint density at radius 3 is 2.75 bits per heavy atom. The summed E-state index contributed by atoms with van der Waals surface area (Å²) in [5.41, 5.74) is 0.305. The van der Waals surface area contributed by atoms with Crippen LogP contribution in [0.15, 0.2) is 28.8 Å². The van der Waals surface area contributed by atoms with E-state index in [-0.39, 0.29) is 30.6 Å². The number of nitro groups is 1. The van der Waals surface area contributed by atoms with Crippen LogP contribution in [0.25, 0.3) is 0 Å². The number of non-ortho nitro benzene ring substituents is 1. The van der Waals surface area contributed by atoms with Gasteiger partial charge in [-0.3, -0.25) is 14.9 Å². The van der Waals surface area contributed by atoms with Crippen LogP contribution in [0.3, 0.4) is 0 Å². The number of carbonyl (C=O) groups excluding carboxylic acids is 1. The monoisotopic (exact) mass is 333 g/mol. The van der Waals surface area contributed by atoms with E-state index in [9.17, 15) is 14.9 Å². The van der Waals surface area contributed by atoms with Gasteiger partial charge in [-0.15, -0.1) is 0 Å². The molecule has 2 rings (SSSR count). The van der Waals surface area contributed by atoms with Crippen molar-refractivity contribution in [1.82, 2.24) is 10.1 Å². The molecule has 0 aliphatic carbocycles. The maximum Gasteiger partial charge on any atom is 0.306 e. The summed E-state index contributed by atoms with van der Waals surface area (Å²) in [4.78, 5) is 26.2. The fourth-order valence-electron chi connectivity index (χ4n) is 1.87. The van der Waals surface area contributed by atoms with Gasteiger partial charge in [-0.2, -0.15) is 4.98 Å². The van der Waals surface area contributed by atoms with Crippen molar-refractivity contribution in [3.05, 3.63) is 51.7 Å². The first kappa shape index (κ1) is 17.6. The van der Waals surface area contributed by atoms with Crippen LogP contribution in [0, 0.1) is 10.1 Å². The zero-order valence-electron chi connectivity index (χ0n) is 13.8. The lowest BCUT2D eigenvalue weighted by Crippen LogP contribution is -2.13. The molecule has 1 heterocycles. The Balaban J connectivity index is 1.82. The highest BCUT2D eigenvalue weighted by molar-refractivity contribution is 5.69. The van der Waals surface area contributed by atoms with E-state index in [0.29, 0.717) is 17.3 Å². The largest absolute Gasteiger partial charge is 0.461 e. The zero-order valence-corrected chi connectivity index (χ0v) is 13.8. The molecule has 24 heavy (non-hydrogen) atoms. The molecule has 0 N–H and O–H groups in total. The molecule has 1 aromatic carbocycles. The minimum Gasteiger partial charge on any atom is -0.461 e. The Hall–Kier alpha value is -2.77. The first-order valence-electron chi connectivity index (χ1n) is 7.48. The lowest BCUT2D eigenvalue weighted by Gasteiger charge is -2.10. The maximum absolute atomic E-state index is 11.8. The second-order valence-corrected chi connectivity index (χ2v) is 6.35. The van der Waals surface area contributed by atoms with Crippen LogP contribution in [0.2, 0.25) is 0 Å². The Bertz CT molecular complexity index is 733. The second kappa shape index (κ2) is 7.20. The molecule has 8 heteroatoms. The van der Waals surface area contributed by atoms with Gasteiger partial charge in [0.2, 0.25) is 5.89 Å². The topological polar surface area (TPSA) is 108 Å². The van der Waals surface area contributed by atoms with Gasteiger partial charge < -0.3 is 9.26 Å². The van der Waals surface area contributed by atoms with E-state index in [1.165, 1.54) is 12.1 Å². The highest BCUT2D eigenvalue weighted by atomic mass is 16.6. The Kier molecular flexibility index (Phi) is 5.28. The van der Waals surface area contributed by atoms with E-state index in [1.54, 1.807) is 12.1 Å². The third-order valence-corrected chi connectivity index (χ3v) is 3.20. The lowest BCUT2D eigenvalue weighted by molar-refractivity contribution is -0.384. The lowest BCUT2D eigenvalue weighted by atomic mass is 9.96. The fourth-order valence-corrected chi connectivity index (χ4v) is 1.87. The second-order valence-electron chi connectivity index (χ2n) is 6.35. The Morgan fingerprint density at radius 1 is 1.38 bits per heavy atom. The number of esters is 1. The number of nitrogens with zero attached hydrogens (tertiary/aromatic N) is 3. The van der Waals surface area contributed by atoms with Crippen LogP contribution >= 0.6 is 0 Å². The molecule has 1 aromatic heterocycles. The van der Waals surface area contributed by atoms with Crippen LogP contribution < -0.4 is 0 Å². The smallest absolute Gasteiger partial charge is 0.306 e. The van der Waals surface area contributed by atoms with Crippen molar-refractivity contribution in [2.24, 2.45) is 0 Å². The van der Waals surface area contributed by atoms with Gasteiger partial charge in [-0.1, -0.05) is 38.1 Å². The van der Waals surface area contributed by atoms with Crippen LogP contribution in [0.5, 0.6) is 0 Å². The first-order chi connectivity index (χ1) is 11.3. The Morgan fingerprint density at radius 2 is 2.12 bits per heavy atom. The summed E-state index contributed by atoms with van der Waals surface area (Å²) in [6.45, 7) is 5.89. The van der Waals surface area contributed by atoms with Crippen molar-refractivity contribution >= 4 is 11.7 Å². The molecule has 0 unspecified atom stereocenters. The predicted molar refractivity (Wildman–Crippen MR) is 84.2 cm³/mol.